The standard InChI is InChI=1S/C18H33N3/c1-14(2)12-21(13-15(3)4)17-9-8-16(10-19-17)11-20-18(5,6)7/h8-10,14-15,20H,11-13H2,1-7H3. The summed E-state index contributed by atoms with van der Waals surface area (Å²) in [7, 11) is 0. The zero-order valence-corrected chi connectivity index (χ0v) is 14.9. The second-order valence-electron chi connectivity index (χ2n) is 7.82. The maximum Gasteiger partial charge on any atom is 0.128 e. The van der Waals surface area contributed by atoms with Crippen molar-refractivity contribution in [2.24, 2.45) is 11.8 Å². The summed E-state index contributed by atoms with van der Waals surface area (Å²) in [5, 5.41) is 3.50. The molecule has 3 heteroatoms. The number of aromatic nitrogens is 1. The van der Waals surface area contributed by atoms with Crippen LogP contribution < -0.4 is 10.2 Å². The van der Waals surface area contributed by atoms with E-state index in [1.165, 1.54) is 5.56 Å². The fourth-order valence-electron chi connectivity index (χ4n) is 2.22. The van der Waals surface area contributed by atoms with Gasteiger partial charge in [0.1, 0.15) is 5.82 Å². The van der Waals surface area contributed by atoms with Crippen LogP contribution in [0.3, 0.4) is 0 Å². The highest BCUT2D eigenvalue weighted by atomic mass is 15.2. The van der Waals surface area contributed by atoms with Gasteiger partial charge < -0.3 is 10.2 Å². The molecule has 0 aliphatic heterocycles. The third-order valence-corrected chi connectivity index (χ3v) is 3.13. The minimum absolute atomic E-state index is 0.139. The molecule has 0 atom stereocenters. The molecule has 1 aromatic rings. The predicted molar refractivity (Wildman–Crippen MR) is 92.7 cm³/mol. The van der Waals surface area contributed by atoms with Gasteiger partial charge in [0, 0.05) is 31.4 Å². The lowest BCUT2D eigenvalue weighted by Gasteiger charge is -2.27. The molecular weight excluding hydrogens is 258 g/mol. The van der Waals surface area contributed by atoms with E-state index in [9.17, 15) is 0 Å². The van der Waals surface area contributed by atoms with Crippen LogP contribution >= 0.6 is 0 Å². The third kappa shape index (κ3) is 7.47. The molecule has 0 unspecified atom stereocenters. The van der Waals surface area contributed by atoms with Crippen LogP contribution in [-0.2, 0) is 6.54 Å². The van der Waals surface area contributed by atoms with Crippen molar-refractivity contribution < 1.29 is 0 Å². The summed E-state index contributed by atoms with van der Waals surface area (Å²) < 4.78 is 0. The highest BCUT2D eigenvalue weighted by Gasteiger charge is 2.12. The van der Waals surface area contributed by atoms with Crippen molar-refractivity contribution in [3.63, 3.8) is 0 Å². The Morgan fingerprint density at radius 3 is 2.00 bits per heavy atom. The summed E-state index contributed by atoms with van der Waals surface area (Å²) in [5.74, 6) is 2.39. The molecule has 0 aliphatic rings. The van der Waals surface area contributed by atoms with Crippen molar-refractivity contribution in [1.29, 1.82) is 0 Å². The first-order valence-corrected chi connectivity index (χ1v) is 8.12. The van der Waals surface area contributed by atoms with Gasteiger partial charge in [0.2, 0.25) is 0 Å². The van der Waals surface area contributed by atoms with Gasteiger partial charge in [0.15, 0.2) is 0 Å². The largest absolute Gasteiger partial charge is 0.356 e. The lowest BCUT2D eigenvalue weighted by molar-refractivity contribution is 0.424. The van der Waals surface area contributed by atoms with E-state index in [1.807, 2.05) is 6.20 Å². The third-order valence-electron chi connectivity index (χ3n) is 3.13. The quantitative estimate of drug-likeness (QED) is 0.820. The number of nitrogens with zero attached hydrogens (tertiary/aromatic N) is 2. The number of hydrogen-bond donors (Lipinski definition) is 1. The Balaban J connectivity index is 2.72. The first-order valence-electron chi connectivity index (χ1n) is 8.12. The second-order valence-corrected chi connectivity index (χ2v) is 7.82. The Morgan fingerprint density at radius 2 is 1.62 bits per heavy atom. The molecule has 0 fully saturated rings. The predicted octanol–water partition coefficient (Wildman–Crippen LogP) is 4.09. The summed E-state index contributed by atoms with van der Waals surface area (Å²) in [6, 6.07) is 4.35. The van der Waals surface area contributed by atoms with Gasteiger partial charge in [-0.25, -0.2) is 4.98 Å². The van der Waals surface area contributed by atoms with Crippen LogP contribution in [0.2, 0.25) is 0 Å². The van der Waals surface area contributed by atoms with E-state index in [0.717, 1.165) is 25.5 Å². The number of rotatable bonds is 7. The molecule has 0 aliphatic carbocycles. The Bertz CT molecular complexity index is 391. The van der Waals surface area contributed by atoms with E-state index in [0.29, 0.717) is 11.8 Å². The smallest absolute Gasteiger partial charge is 0.128 e. The fraction of sp³-hybridized carbons (Fsp3) is 0.722. The summed E-state index contributed by atoms with van der Waals surface area (Å²) in [6.07, 6.45) is 2.00. The fourth-order valence-corrected chi connectivity index (χ4v) is 2.22. The van der Waals surface area contributed by atoms with Gasteiger partial charge in [0.05, 0.1) is 0 Å². The Morgan fingerprint density at radius 1 is 1.05 bits per heavy atom. The Labute approximate surface area is 131 Å². The zero-order valence-electron chi connectivity index (χ0n) is 14.9. The number of hydrogen-bond acceptors (Lipinski definition) is 3. The first kappa shape index (κ1) is 18.0. The Hall–Kier alpha value is -1.09. The van der Waals surface area contributed by atoms with Gasteiger partial charge in [-0.05, 0) is 44.2 Å². The molecule has 3 nitrogen and oxygen atoms in total. The zero-order chi connectivity index (χ0) is 16.0. The number of nitrogens with one attached hydrogen (secondary N) is 1. The molecular formula is C18H33N3. The highest BCUT2D eigenvalue weighted by Crippen LogP contribution is 2.16. The first-order chi connectivity index (χ1) is 9.67. The van der Waals surface area contributed by atoms with Crippen LogP contribution in [0.15, 0.2) is 18.3 Å². The number of anilines is 1. The molecule has 0 saturated carbocycles. The molecule has 0 aromatic carbocycles. The molecule has 120 valence electrons. The highest BCUT2D eigenvalue weighted by molar-refractivity contribution is 5.39. The van der Waals surface area contributed by atoms with E-state index in [-0.39, 0.29) is 5.54 Å². The second kappa shape index (κ2) is 7.79. The van der Waals surface area contributed by atoms with E-state index in [1.54, 1.807) is 0 Å². The summed E-state index contributed by atoms with van der Waals surface area (Å²) >= 11 is 0. The van der Waals surface area contributed by atoms with Gasteiger partial charge in [-0.1, -0.05) is 33.8 Å². The van der Waals surface area contributed by atoms with E-state index in [4.69, 9.17) is 0 Å². The Kier molecular flexibility index (Phi) is 6.66. The van der Waals surface area contributed by atoms with Crippen molar-refractivity contribution >= 4 is 5.82 Å². The number of pyridine rings is 1. The van der Waals surface area contributed by atoms with Gasteiger partial charge >= 0.3 is 0 Å². The van der Waals surface area contributed by atoms with Gasteiger partial charge in [0.25, 0.3) is 0 Å². The van der Waals surface area contributed by atoms with E-state index >= 15 is 0 Å². The molecule has 0 spiro atoms. The van der Waals surface area contributed by atoms with Gasteiger partial charge in [-0.3, -0.25) is 0 Å². The van der Waals surface area contributed by atoms with Crippen LogP contribution in [0, 0.1) is 11.8 Å². The van der Waals surface area contributed by atoms with Crippen LogP contribution in [-0.4, -0.2) is 23.6 Å². The van der Waals surface area contributed by atoms with Crippen molar-refractivity contribution in [2.75, 3.05) is 18.0 Å². The van der Waals surface area contributed by atoms with Gasteiger partial charge in [-0.15, -0.1) is 0 Å². The molecule has 1 N–H and O–H groups in total. The topological polar surface area (TPSA) is 28.2 Å². The van der Waals surface area contributed by atoms with E-state index in [2.05, 4.69) is 75.8 Å². The summed E-state index contributed by atoms with van der Waals surface area (Å²) in [4.78, 5) is 7.07. The molecule has 21 heavy (non-hydrogen) atoms. The van der Waals surface area contributed by atoms with Crippen molar-refractivity contribution in [3.8, 4) is 0 Å². The van der Waals surface area contributed by atoms with Crippen LogP contribution in [0.25, 0.3) is 0 Å². The minimum atomic E-state index is 0.139. The van der Waals surface area contributed by atoms with E-state index < -0.39 is 0 Å². The van der Waals surface area contributed by atoms with Crippen LogP contribution in [0.4, 0.5) is 5.82 Å². The van der Waals surface area contributed by atoms with Crippen LogP contribution in [0.1, 0.15) is 54.0 Å². The molecule has 0 saturated heterocycles. The SMILES string of the molecule is CC(C)CN(CC(C)C)c1ccc(CNC(C)(C)C)cn1. The summed E-state index contributed by atoms with van der Waals surface area (Å²) in [5.41, 5.74) is 1.38. The lowest BCUT2D eigenvalue weighted by atomic mass is 10.1. The molecule has 1 rings (SSSR count). The summed E-state index contributed by atoms with van der Waals surface area (Å²) in [6.45, 7) is 18.6. The van der Waals surface area contributed by atoms with Gasteiger partial charge in [-0.2, -0.15) is 0 Å². The normalized spacial score (nSPS) is 12.2. The van der Waals surface area contributed by atoms with Crippen LogP contribution in [0.5, 0.6) is 0 Å². The molecule has 0 bridgehead atoms. The monoisotopic (exact) mass is 291 g/mol. The molecule has 1 aromatic heterocycles. The lowest BCUT2D eigenvalue weighted by Crippen LogP contribution is -2.35. The molecule has 1 heterocycles. The molecule has 0 radical (unpaired) electrons. The maximum absolute atomic E-state index is 4.67. The minimum Gasteiger partial charge on any atom is -0.356 e. The average Bonchev–Trinajstić information content (AvgIpc) is 2.34. The van der Waals surface area contributed by atoms with Crippen molar-refractivity contribution in [1.82, 2.24) is 10.3 Å². The maximum atomic E-state index is 4.67. The average molecular weight is 291 g/mol. The van der Waals surface area contributed by atoms with Crippen molar-refractivity contribution in [3.05, 3.63) is 23.9 Å². The van der Waals surface area contributed by atoms with Crippen molar-refractivity contribution in [2.45, 2.75) is 60.5 Å². The molecule has 0 amide bonds.